The summed E-state index contributed by atoms with van der Waals surface area (Å²) in [5, 5.41) is 55.0. The summed E-state index contributed by atoms with van der Waals surface area (Å²) in [7, 11) is 0. The molecule has 1 heterocycles. The fraction of sp³-hybridized carbons (Fsp3) is 1.00. The number of ether oxygens (including phenoxy) is 2. The van der Waals surface area contributed by atoms with Gasteiger partial charge in [0, 0.05) is 0 Å². The standard InChI is InChI=1S/C9H18O8/c10-1-4(2-11)16-9-8(15)7(14)6(13)5(3-12)17-9/h4-15H,1-3H2/t5?,6-,7?,8-,9+/m1/s1. The Morgan fingerprint density at radius 3 is 2.00 bits per heavy atom. The summed E-state index contributed by atoms with van der Waals surface area (Å²) in [4.78, 5) is 0. The van der Waals surface area contributed by atoms with Crippen LogP contribution in [0.4, 0.5) is 0 Å². The van der Waals surface area contributed by atoms with E-state index in [1.54, 1.807) is 0 Å². The van der Waals surface area contributed by atoms with Crippen LogP contribution in [0.1, 0.15) is 0 Å². The number of aliphatic hydroxyl groups excluding tert-OH is 6. The summed E-state index contributed by atoms with van der Waals surface area (Å²) in [6.45, 7) is -1.55. The van der Waals surface area contributed by atoms with Crippen molar-refractivity contribution in [1.82, 2.24) is 0 Å². The minimum Gasteiger partial charge on any atom is -0.394 e. The Bertz CT molecular complexity index is 217. The van der Waals surface area contributed by atoms with Crippen LogP contribution in [0.15, 0.2) is 0 Å². The molecule has 1 saturated heterocycles. The second-order valence-corrected chi connectivity index (χ2v) is 3.82. The van der Waals surface area contributed by atoms with Gasteiger partial charge in [0.15, 0.2) is 6.29 Å². The summed E-state index contributed by atoms with van der Waals surface area (Å²) >= 11 is 0. The van der Waals surface area contributed by atoms with Gasteiger partial charge in [-0.3, -0.25) is 0 Å². The number of hydrogen-bond donors (Lipinski definition) is 6. The molecular formula is C9H18O8. The van der Waals surface area contributed by atoms with Crippen molar-refractivity contribution in [1.29, 1.82) is 0 Å². The Kier molecular flexibility index (Phi) is 5.70. The minimum atomic E-state index is -1.54. The molecule has 8 heteroatoms. The van der Waals surface area contributed by atoms with Crippen LogP contribution in [-0.4, -0.2) is 87.3 Å². The molecule has 6 N–H and O–H groups in total. The third kappa shape index (κ3) is 3.33. The lowest BCUT2D eigenvalue weighted by Gasteiger charge is -2.40. The highest BCUT2D eigenvalue weighted by molar-refractivity contribution is 4.89. The van der Waals surface area contributed by atoms with Gasteiger partial charge < -0.3 is 40.1 Å². The van der Waals surface area contributed by atoms with Gasteiger partial charge >= 0.3 is 0 Å². The molecule has 0 aliphatic carbocycles. The maximum atomic E-state index is 9.56. The van der Waals surface area contributed by atoms with E-state index in [0.717, 1.165) is 0 Å². The third-order valence-electron chi connectivity index (χ3n) is 2.58. The lowest BCUT2D eigenvalue weighted by atomic mass is 9.99. The molecule has 1 fully saturated rings. The van der Waals surface area contributed by atoms with Crippen molar-refractivity contribution >= 4 is 0 Å². The molecule has 0 aromatic rings. The van der Waals surface area contributed by atoms with Gasteiger partial charge in [-0.15, -0.1) is 0 Å². The van der Waals surface area contributed by atoms with Gasteiger partial charge in [0.2, 0.25) is 0 Å². The van der Waals surface area contributed by atoms with E-state index < -0.39 is 56.6 Å². The lowest BCUT2D eigenvalue weighted by Crippen LogP contribution is -2.60. The Morgan fingerprint density at radius 2 is 1.53 bits per heavy atom. The molecule has 0 bridgehead atoms. The molecule has 5 atom stereocenters. The molecule has 0 amide bonds. The fourth-order valence-corrected chi connectivity index (χ4v) is 1.51. The van der Waals surface area contributed by atoms with Crippen molar-refractivity contribution in [2.45, 2.75) is 36.8 Å². The molecule has 2 unspecified atom stereocenters. The smallest absolute Gasteiger partial charge is 0.187 e. The Balaban J connectivity index is 2.65. The number of hydrogen-bond acceptors (Lipinski definition) is 8. The predicted molar refractivity (Wildman–Crippen MR) is 52.8 cm³/mol. The van der Waals surface area contributed by atoms with Crippen LogP contribution >= 0.6 is 0 Å². The van der Waals surface area contributed by atoms with E-state index in [4.69, 9.17) is 24.8 Å². The third-order valence-corrected chi connectivity index (χ3v) is 2.58. The second kappa shape index (κ2) is 6.57. The van der Waals surface area contributed by atoms with Gasteiger partial charge in [0.05, 0.1) is 19.8 Å². The van der Waals surface area contributed by atoms with Crippen molar-refractivity contribution < 1.29 is 40.1 Å². The quantitative estimate of drug-likeness (QED) is 0.293. The zero-order chi connectivity index (χ0) is 13.0. The minimum absolute atomic E-state index is 0.495. The number of rotatable bonds is 5. The van der Waals surface area contributed by atoms with Crippen molar-refractivity contribution in [3.05, 3.63) is 0 Å². The van der Waals surface area contributed by atoms with E-state index in [1.807, 2.05) is 0 Å². The van der Waals surface area contributed by atoms with Crippen molar-refractivity contribution in [2.24, 2.45) is 0 Å². The van der Waals surface area contributed by atoms with Crippen molar-refractivity contribution in [3.8, 4) is 0 Å². The molecule has 0 spiro atoms. The van der Waals surface area contributed by atoms with Crippen molar-refractivity contribution in [2.75, 3.05) is 19.8 Å². The highest BCUT2D eigenvalue weighted by Crippen LogP contribution is 2.22. The lowest BCUT2D eigenvalue weighted by molar-refractivity contribution is -0.315. The van der Waals surface area contributed by atoms with E-state index in [2.05, 4.69) is 0 Å². The zero-order valence-corrected chi connectivity index (χ0v) is 9.09. The van der Waals surface area contributed by atoms with Gasteiger partial charge in [-0.05, 0) is 0 Å². The zero-order valence-electron chi connectivity index (χ0n) is 9.09. The molecule has 0 aromatic heterocycles. The first kappa shape index (κ1) is 14.7. The molecule has 0 radical (unpaired) electrons. The summed E-state index contributed by atoms with van der Waals surface area (Å²) in [6.07, 6.45) is -7.92. The predicted octanol–water partition coefficient (Wildman–Crippen LogP) is -3.84. The Hall–Kier alpha value is -0.320. The molecule has 0 saturated carbocycles. The van der Waals surface area contributed by atoms with E-state index in [-0.39, 0.29) is 0 Å². The topological polar surface area (TPSA) is 140 Å². The molecular weight excluding hydrogens is 236 g/mol. The molecule has 17 heavy (non-hydrogen) atoms. The molecule has 1 aliphatic heterocycles. The van der Waals surface area contributed by atoms with Crippen LogP contribution in [0.3, 0.4) is 0 Å². The average Bonchev–Trinajstić information content (AvgIpc) is 2.35. The van der Waals surface area contributed by atoms with Gasteiger partial charge in [-0.2, -0.15) is 0 Å². The molecule has 1 aliphatic rings. The normalized spacial score (nSPS) is 38.6. The van der Waals surface area contributed by atoms with Crippen LogP contribution in [-0.2, 0) is 9.47 Å². The van der Waals surface area contributed by atoms with E-state index in [1.165, 1.54) is 0 Å². The average molecular weight is 254 g/mol. The molecule has 102 valence electrons. The van der Waals surface area contributed by atoms with E-state index in [0.29, 0.717) is 0 Å². The van der Waals surface area contributed by atoms with Crippen LogP contribution in [0.2, 0.25) is 0 Å². The summed E-state index contributed by atoms with van der Waals surface area (Å²) in [5.74, 6) is 0. The Labute approximate surface area is 97.6 Å². The molecule has 0 aromatic carbocycles. The first-order chi connectivity index (χ1) is 8.04. The first-order valence-electron chi connectivity index (χ1n) is 5.22. The first-order valence-corrected chi connectivity index (χ1v) is 5.22. The SMILES string of the molecule is OCC(CO)O[C@H]1OC(CO)[C@@H](O)C(O)[C@H]1O. The van der Waals surface area contributed by atoms with Crippen LogP contribution in [0, 0.1) is 0 Å². The van der Waals surface area contributed by atoms with Gasteiger partial charge in [-0.1, -0.05) is 0 Å². The summed E-state index contributed by atoms with van der Waals surface area (Å²) < 4.78 is 10.0. The highest BCUT2D eigenvalue weighted by atomic mass is 16.7. The summed E-state index contributed by atoms with van der Waals surface area (Å²) in [5.41, 5.74) is 0. The van der Waals surface area contributed by atoms with E-state index in [9.17, 15) is 15.3 Å². The number of aliphatic hydroxyl groups is 6. The largest absolute Gasteiger partial charge is 0.394 e. The van der Waals surface area contributed by atoms with Gasteiger partial charge in [0.25, 0.3) is 0 Å². The van der Waals surface area contributed by atoms with Crippen molar-refractivity contribution in [3.63, 3.8) is 0 Å². The molecule has 8 nitrogen and oxygen atoms in total. The maximum Gasteiger partial charge on any atom is 0.187 e. The highest BCUT2D eigenvalue weighted by Gasteiger charge is 2.44. The Morgan fingerprint density at radius 1 is 0.941 bits per heavy atom. The van der Waals surface area contributed by atoms with Crippen LogP contribution in [0.25, 0.3) is 0 Å². The van der Waals surface area contributed by atoms with Gasteiger partial charge in [0.1, 0.15) is 30.5 Å². The van der Waals surface area contributed by atoms with E-state index >= 15 is 0 Å². The van der Waals surface area contributed by atoms with Gasteiger partial charge in [-0.25, -0.2) is 0 Å². The maximum absolute atomic E-state index is 9.56. The molecule has 1 rings (SSSR count). The fourth-order valence-electron chi connectivity index (χ4n) is 1.51. The second-order valence-electron chi connectivity index (χ2n) is 3.82. The van der Waals surface area contributed by atoms with Crippen LogP contribution < -0.4 is 0 Å². The summed E-state index contributed by atoms with van der Waals surface area (Å²) in [6, 6.07) is 0. The van der Waals surface area contributed by atoms with Crippen LogP contribution in [0.5, 0.6) is 0 Å². The monoisotopic (exact) mass is 254 g/mol.